The van der Waals surface area contributed by atoms with Gasteiger partial charge in [-0.3, -0.25) is 4.57 Å². The van der Waals surface area contributed by atoms with Crippen molar-refractivity contribution in [2.45, 2.75) is 10.9 Å². The van der Waals surface area contributed by atoms with Crippen molar-refractivity contribution >= 4 is 11.8 Å². The Kier molecular flexibility index (Phi) is 4.12. The highest BCUT2D eigenvalue weighted by atomic mass is 32.2. The number of imidazole rings is 1. The molecule has 0 atom stereocenters. The molecule has 2 aromatic heterocycles. The van der Waals surface area contributed by atoms with Crippen molar-refractivity contribution in [2.24, 2.45) is 0 Å². The molecule has 0 aliphatic carbocycles. The molecule has 0 N–H and O–H groups in total. The highest BCUT2D eigenvalue weighted by Crippen LogP contribution is 2.24. The Balaban J connectivity index is 1.49. The summed E-state index contributed by atoms with van der Waals surface area (Å²) in [5.74, 6) is 1.77. The van der Waals surface area contributed by atoms with Crippen molar-refractivity contribution in [3.63, 3.8) is 0 Å². The van der Waals surface area contributed by atoms with Crippen LogP contribution in [0.15, 0.2) is 82.7 Å². The van der Waals surface area contributed by atoms with Crippen LogP contribution in [0.2, 0.25) is 0 Å². The smallest absolute Gasteiger partial charge is 0.237 e. The fourth-order valence-electron chi connectivity index (χ4n) is 2.33. The fraction of sp³-hybridized carbons (Fsp3) is 0.0556. The van der Waals surface area contributed by atoms with Crippen molar-refractivity contribution < 1.29 is 4.52 Å². The second kappa shape index (κ2) is 6.72. The van der Waals surface area contributed by atoms with Gasteiger partial charge in [0.25, 0.3) is 0 Å². The van der Waals surface area contributed by atoms with Crippen molar-refractivity contribution in [2.75, 3.05) is 0 Å². The Morgan fingerprint density at radius 2 is 1.71 bits per heavy atom. The Bertz CT molecular complexity index is 918. The number of aromatic nitrogens is 4. The van der Waals surface area contributed by atoms with Crippen molar-refractivity contribution in [1.82, 2.24) is 19.7 Å². The zero-order chi connectivity index (χ0) is 16.2. The Hall–Kier alpha value is -2.86. The lowest BCUT2D eigenvalue weighted by Crippen LogP contribution is -1.94. The number of benzene rings is 2. The SMILES string of the molecule is c1ccc(-c2noc(CSc3nccn3-c3ccccc3)n2)cc1. The van der Waals surface area contributed by atoms with Crippen LogP contribution in [0, 0.1) is 0 Å². The standard InChI is InChI=1S/C18H14N4OS/c1-3-7-14(8-4-1)17-20-16(23-21-17)13-24-18-19-11-12-22(18)15-9-5-2-6-10-15/h1-12H,13H2. The molecule has 0 saturated heterocycles. The predicted octanol–water partition coefficient (Wildman–Crippen LogP) is 4.21. The van der Waals surface area contributed by atoms with E-state index in [0.717, 1.165) is 16.4 Å². The summed E-state index contributed by atoms with van der Waals surface area (Å²) in [6.07, 6.45) is 3.74. The molecule has 0 aliphatic heterocycles. The first-order valence-corrected chi connectivity index (χ1v) is 8.48. The molecule has 2 aromatic carbocycles. The molecular formula is C18H14N4OS. The van der Waals surface area contributed by atoms with Gasteiger partial charge in [-0.25, -0.2) is 4.98 Å². The van der Waals surface area contributed by atoms with E-state index in [-0.39, 0.29) is 0 Å². The van der Waals surface area contributed by atoms with E-state index in [2.05, 4.69) is 15.1 Å². The number of thioether (sulfide) groups is 1. The average Bonchev–Trinajstić information content (AvgIpc) is 3.31. The maximum atomic E-state index is 5.34. The third-order valence-corrected chi connectivity index (χ3v) is 4.42. The van der Waals surface area contributed by atoms with Crippen LogP contribution in [-0.4, -0.2) is 19.7 Å². The summed E-state index contributed by atoms with van der Waals surface area (Å²) in [5, 5.41) is 4.93. The van der Waals surface area contributed by atoms with E-state index in [1.54, 1.807) is 18.0 Å². The van der Waals surface area contributed by atoms with Crippen LogP contribution in [0.5, 0.6) is 0 Å². The van der Waals surface area contributed by atoms with Gasteiger partial charge in [-0.15, -0.1) is 0 Å². The Morgan fingerprint density at radius 1 is 0.958 bits per heavy atom. The zero-order valence-corrected chi connectivity index (χ0v) is 13.6. The molecule has 0 aliphatic rings. The third-order valence-electron chi connectivity index (χ3n) is 3.47. The molecule has 2 heterocycles. The van der Waals surface area contributed by atoms with Crippen molar-refractivity contribution in [3.05, 3.63) is 78.9 Å². The molecule has 5 nitrogen and oxygen atoms in total. The largest absolute Gasteiger partial charge is 0.338 e. The van der Waals surface area contributed by atoms with E-state index in [9.17, 15) is 0 Å². The van der Waals surface area contributed by atoms with Gasteiger partial charge in [0.05, 0.1) is 5.75 Å². The van der Waals surface area contributed by atoms with Gasteiger partial charge in [-0.2, -0.15) is 4.98 Å². The van der Waals surface area contributed by atoms with Gasteiger partial charge in [0.15, 0.2) is 5.16 Å². The fourth-order valence-corrected chi connectivity index (χ4v) is 3.14. The highest BCUT2D eigenvalue weighted by Gasteiger charge is 2.11. The second-order valence-corrected chi connectivity index (χ2v) is 6.02. The van der Waals surface area contributed by atoms with Gasteiger partial charge < -0.3 is 4.52 Å². The molecular weight excluding hydrogens is 320 g/mol. The molecule has 0 saturated carbocycles. The van der Waals surface area contributed by atoms with Crippen LogP contribution in [0.1, 0.15) is 5.89 Å². The zero-order valence-electron chi connectivity index (χ0n) is 12.7. The molecule has 4 rings (SSSR count). The van der Waals surface area contributed by atoms with E-state index in [4.69, 9.17) is 4.52 Å². The van der Waals surface area contributed by atoms with E-state index in [1.165, 1.54) is 0 Å². The summed E-state index contributed by atoms with van der Waals surface area (Å²) in [6, 6.07) is 19.9. The van der Waals surface area contributed by atoms with Gasteiger partial charge in [-0.05, 0) is 12.1 Å². The first kappa shape index (κ1) is 14.7. The van der Waals surface area contributed by atoms with Gasteiger partial charge in [0.1, 0.15) is 0 Å². The van der Waals surface area contributed by atoms with Gasteiger partial charge in [0.2, 0.25) is 11.7 Å². The minimum absolute atomic E-state index is 0.573. The van der Waals surface area contributed by atoms with Crippen molar-refractivity contribution in [3.8, 4) is 17.1 Å². The minimum Gasteiger partial charge on any atom is -0.338 e. The summed E-state index contributed by atoms with van der Waals surface area (Å²) >= 11 is 1.57. The molecule has 0 bridgehead atoms. The number of para-hydroxylation sites is 1. The molecule has 0 amide bonds. The number of hydrogen-bond acceptors (Lipinski definition) is 5. The summed E-state index contributed by atoms with van der Waals surface area (Å²) < 4.78 is 7.38. The Morgan fingerprint density at radius 3 is 2.50 bits per heavy atom. The van der Waals surface area contributed by atoms with Crippen LogP contribution < -0.4 is 0 Å². The van der Waals surface area contributed by atoms with E-state index >= 15 is 0 Å². The first-order chi connectivity index (χ1) is 11.9. The van der Waals surface area contributed by atoms with Crippen LogP contribution >= 0.6 is 11.8 Å². The molecule has 118 valence electrons. The third kappa shape index (κ3) is 3.09. The maximum Gasteiger partial charge on any atom is 0.237 e. The summed E-state index contributed by atoms with van der Waals surface area (Å²) in [4.78, 5) is 8.86. The Labute approximate surface area is 143 Å². The topological polar surface area (TPSA) is 56.7 Å². The quantitative estimate of drug-likeness (QED) is 0.512. The second-order valence-electron chi connectivity index (χ2n) is 5.08. The lowest BCUT2D eigenvalue weighted by Gasteiger charge is -2.05. The number of rotatable bonds is 5. The van der Waals surface area contributed by atoms with E-state index < -0.39 is 0 Å². The maximum absolute atomic E-state index is 5.34. The molecule has 0 fully saturated rings. The van der Waals surface area contributed by atoms with Crippen LogP contribution in [0.3, 0.4) is 0 Å². The van der Waals surface area contributed by atoms with Crippen LogP contribution in [-0.2, 0) is 5.75 Å². The van der Waals surface area contributed by atoms with Crippen LogP contribution in [0.4, 0.5) is 0 Å². The van der Waals surface area contributed by atoms with Crippen LogP contribution in [0.25, 0.3) is 17.1 Å². The molecule has 0 radical (unpaired) electrons. The lowest BCUT2D eigenvalue weighted by molar-refractivity contribution is 0.391. The van der Waals surface area contributed by atoms with E-state index in [0.29, 0.717) is 17.5 Å². The molecule has 4 aromatic rings. The summed E-state index contributed by atoms with van der Waals surface area (Å²) in [5.41, 5.74) is 2.02. The number of nitrogens with zero attached hydrogens (tertiary/aromatic N) is 4. The average molecular weight is 334 g/mol. The van der Waals surface area contributed by atoms with Crippen molar-refractivity contribution in [1.29, 1.82) is 0 Å². The van der Waals surface area contributed by atoms with E-state index in [1.807, 2.05) is 71.4 Å². The molecule has 24 heavy (non-hydrogen) atoms. The van der Waals surface area contributed by atoms with Gasteiger partial charge in [0, 0.05) is 23.6 Å². The normalized spacial score (nSPS) is 10.8. The first-order valence-electron chi connectivity index (χ1n) is 7.50. The van der Waals surface area contributed by atoms with Gasteiger partial charge >= 0.3 is 0 Å². The molecule has 0 unspecified atom stereocenters. The summed E-state index contributed by atoms with van der Waals surface area (Å²) in [7, 11) is 0. The lowest BCUT2D eigenvalue weighted by atomic mass is 10.2. The predicted molar refractivity (Wildman–Crippen MR) is 92.9 cm³/mol. The molecule has 6 heteroatoms. The highest BCUT2D eigenvalue weighted by molar-refractivity contribution is 7.98. The van der Waals surface area contributed by atoms with Gasteiger partial charge in [-0.1, -0.05) is 65.4 Å². The monoisotopic (exact) mass is 334 g/mol. The summed E-state index contributed by atoms with van der Waals surface area (Å²) in [6.45, 7) is 0. The number of hydrogen-bond donors (Lipinski definition) is 0. The minimum atomic E-state index is 0.573. The molecule has 0 spiro atoms.